The average Bonchev–Trinajstić information content (AvgIpc) is 2.82. The van der Waals surface area contributed by atoms with Gasteiger partial charge in [0, 0.05) is 18.4 Å². The second-order valence-corrected chi connectivity index (χ2v) is 4.45. The molecule has 0 aliphatic carbocycles. The van der Waals surface area contributed by atoms with Crippen LogP contribution in [0.2, 0.25) is 0 Å². The van der Waals surface area contributed by atoms with E-state index in [1.165, 1.54) is 11.8 Å². The Morgan fingerprint density at radius 3 is 2.94 bits per heavy atom. The van der Waals surface area contributed by atoms with E-state index >= 15 is 0 Å². The van der Waals surface area contributed by atoms with Crippen LogP contribution in [0.15, 0.2) is 22.0 Å². The molecule has 0 unspecified atom stereocenters. The summed E-state index contributed by atoms with van der Waals surface area (Å²) >= 11 is 1.48. The number of aromatic nitrogens is 3. The van der Waals surface area contributed by atoms with Crippen LogP contribution < -0.4 is 0 Å². The Bertz CT molecular complexity index is 547. The second-order valence-electron chi connectivity index (χ2n) is 3.51. The molecule has 1 N–H and O–H groups in total. The van der Waals surface area contributed by atoms with E-state index in [4.69, 9.17) is 9.52 Å². The Kier molecular flexibility index (Phi) is 3.19. The zero-order valence-electron chi connectivity index (χ0n) is 9.38. The van der Waals surface area contributed by atoms with E-state index in [1.807, 2.05) is 7.05 Å². The molecule has 0 bridgehead atoms. The highest BCUT2D eigenvalue weighted by molar-refractivity contribution is 7.98. The molecule has 0 aromatic carbocycles. The Hall–Kier alpha value is -1.76. The number of thioether (sulfide) groups is 1. The van der Waals surface area contributed by atoms with Gasteiger partial charge in [0.05, 0.1) is 0 Å². The van der Waals surface area contributed by atoms with Crippen LogP contribution in [0.5, 0.6) is 0 Å². The van der Waals surface area contributed by atoms with Crippen LogP contribution in [0.4, 0.5) is 0 Å². The number of rotatable bonds is 4. The summed E-state index contributed by atoms with van der Waals surface area (Å²) in [6, 6.07) is 1.54. The topological polar surface area (TPSA) is 81.2 Å². The Morgan fingerprint density at radius 2 is 2.41 bits per heavy atom. The van der Waals surface area contributed by atoms with Crippen molar-refractivity contribution in [1.29, 1.82) is 0 Å². The summed E-state index contributed by atoms with van der Waals surface area (Å²) in [4.78, 5) is 10.7. The van der Waals surface area contributed by atoms with E-state index in [-0.39, 0.29) is 5.76 Å². The van der Waals surface area contributed by atoms with Gasteiger partial charge in [-0.25, -0.2) is 4.79 Å². The fraction of sp³-hybridized carbons (Fsp3) is 0.300. The summed E-state index contributed by atoms with van der Waals surface area (Å²) in [7, 11) is 1.85. The Balaban J connectivity index is 2.09. The smallest absolute Gasteiger partial charge is 0.371 e. The lowest BCUT2D eigenvalue weighted by atomic mass is 10.3. The molecule has 2 rings (SSSR count). The summed E-state index contributed by atoms with van der Waals surface area (Å²) in [5.41, 5.74) is 0.857. The van der Waals surface area contributed by atoms with Crippen molar-refractivity contribution < 1.29 is 14.3 Å². The van der Waals surface area contributed by atoms with Gasteiger partial charge in [0.1, 0.15) is 12.1 Å². The molecule has 7 heteroatoms. The summed E-state index contributed by atoms with van der Waals surface area (Å²) < 4.78 is 6.92. The molecule has 0 aliphatic rings. The number of nitrogens with zero attached hydrogens (tertiary/aromatic N) is 3. The van der Waals surface area contributed by atoms with Gasteiger partial charge in [0.2, 0.25) is 5.76 Å². The predicted octanol–water partition coefficient (Wildman–Crippen LogP) is 1.71. The summed E-state index contributed by atoms with van der Waals surface area (Å²) in [5, 5.41) is 17.3. The maximum atomic E-state index is 10.7. The normalized spacial score (nSPS) is 10.7. The Morgan fingerprint density at radius 1 is 1.65 bits per heavy atom. The van der Waals surface area contributed by atoms with Gasteiger partial charge in [-0.05, 0) is 13.0 Å². The minimum absolute atomic E-state index is 0.0314. The monoisotopic (exact) mass is 253 g/mol. The average molecular weight is 253 g/mol. The number of furan rings is 1. The lowest BCUT2D eigenvalue weighted by Crippen LogP contribution is -1.92. The molecule has 0 fully saturated rings. The van der Waals surface area contributed by atoms with Crippen molar-refractivity contribution in [3.05, 3.63) is 29.5 Å². The first-order valence-corrected chi connectivity index (χ1v) is 5.86. The van der Waals surface area contributed by atoms with Crippen LogP contribution in [-0.4, -0.2) is 25.8 Å². The van der Waals surface area contributed by atoms with Crippen molar-refractivity contribution in [3.63, 3.8) is 0 Å². The van der Waals surface area contributed by atoms with Crippen molar-refractivity contribution >= 4 is 17.7 Å². The highest BCUT2D eigenvalue weighted by atomic mass is 32.2. The lowest BCUT2D eigenvalue weighted by molar-refractivity contribution is 0.0661. The van der Waals surface area contributed by atoms with Crippen LogP contribution in [0.3, 0.4) is 0 Å². The van der Waals surface area contributed by atoms with Crippen molar-refractivity contribution in [2.75, 3.05) is 0 Å². The van der Waals surface area contributed by atoms with E-state index in [2.05, 4.69) is 10.2 Å². The Labute approximate surface area is 102 Å². The van der Waals surface area contributed by atoms with Crippen LogP contribution in [0, 0.1) is 6.92 Å². The van der Waals surface area contributed by atoms with E-state index in [0.717, 1.165) is 10.7 Å². The predicted molar refractivity (Wildman–Crippen MR) is 61.0 cm³/mol. The number of carbonyl (C=O) groups is 1. The molecule has 2 aromatic rings. The molecule has 0 radical (unpaired) electrons. The minimum Gasteiger partial charge on any atom is -0.475 e. The van der Waals surface area contributed by atoms with Gasteiger partial charge in [0.25, 0.3) is 0 Å². The van der Waals surface area contributed by atoms with Crippen molar-refractivity contribution in [3.8, 4) is 0 Å². The van der Waals surface area contributed by atoms with Gasteiger partial charge in [-0.15, -0.1) is 10.2 Å². The molecular weight excluding hydrogens is 242 g/mol. The highest BCUT2D eigenvalue weighted by Crippen LogP contribution is 2.24. The van der Waals surface area contributed by atoms with E-state index in [0.29, 0.717) is 11.5 Å². The van der Waals surface area contributed by atoms with Crippen molar-refractivity contribution in [2.24, 2.45) is 7.05 Å². The van der Waals surface area contributed by atoms with Gasteiger partial charge in [-0.3, -0.25) is 0 Å². The number of carboxylic acids is 1. The maximum absolute atomic E-state index is 10.7. The second kappa shape index (κ2) is 4.62. The summed E-state index contributed by atoms with van der Waals surface area (Å²) in [6.45, 7) is 1.75. The van der Waals surface area contributed by atoms with Gasteiger partial charge in [-0.2, -0.15) is 0 Å². The van der Waals surface area contributed by atoms with Crippen molar-refractivity contribution in [1.82, 2.24) is 14.8 Å². The number of carboxylic acid groups (broad SMARTS) is 1. The lowest BCUT2D eigenvalue weighted by Gasteiger charge is -1.98. The molecule has 0 amide bonds. The summed E-state index contributed by atoms with van der Waals surface area (Å²) in [5.74, 6) is 0.144. The zero-order chi connectivity index (χ0) is 12.4. The van der Waals surface area contributed by atoms with Gasteiger partial charge in [-0.1, -0.05) is 11.8 Å². The molecule has 90 valence electrons. The standard InChI is InChI=1S/C10H11N3O3S/c1-6-7(3-8(16-6)9(14)15)4-17-10-12-11-5-13(10)2/h3,5H,4H2,1-2H3,(H,14,15). The van der Waals surface area contributed by atoms with Crippen molar-refractivity contribution in [2.45, 2.75) is 17.8 Å². The third-order valence-corrected chi connectivity index (χ3v) is 3.34. The van der Waals surface area contributed by atoms with E-state index in [1.54, 1.807) is 23.9 Å². The fourth-order valence-corrected chi connectivity index (χ4v) is 2.24. The number of aromatic carboxylic acids is 1. The quantitative estimate of drug-likeness (QED) is 0.835. The number of hydrogen-bond acceptors (Lipinski definition) is 5. The number of aryl methyl sites for hydroxylation is 2. The zero-order valence-corrected chi connectivity index (χ0v) is 10.2. The van der Waals surface area contributed by atoms with E-state index in [9.17, 15) is 4.79 Å². The van der Waals surface area contributed by atoms with Crippen LogP contribution in [0.25, 0.3) is 0 Å². The third kappa shape index (κ3) is 2.50. The van der Waals surface area contributed by atoms with Gasteiger partial charge < -0.3 is 14.1 Å². The summed E-state index contributed by atoms with van der Waals surface area (Å²) in [6.07, 6.45) is 1.62. The maximum Gasteiger partial charge on any atom is 0.371 e. The molecule has 0 spiro atoms. The highest BCUT2D eigenvalue weighted by Gasteiger charge is 2.13. The third-order valence-electron chi connectivity index (χ3n) is 2.26. The first-order valence-electron chi connectivity index (χ1n) is 4.87. The fourth-order valence-electron chi connectivity index (χ4n) is 1.31. The molecule has 0 saturated heterocycles. The molecule has 2 heterocycles. The van der Waals surface area contributed by atoms with Crippen LogP contribution in [-0.2, 0) is 12.8 Å². The first kappa shape index (κ1) is 11.7. The van der Waals surface area contributed by atoms with Crippen LogP contribution in [0.1, 0.15) is 21.9 Å². The van der Waals surface area contributed by atoms with Gasteiger partial charge >= 0.3 is 5.97 Å². The molecule has 0 saturated carbocycles. The molecule has 0 atom stereocenters. The first-order chi connectivity index (χ1) is 8.08. The van der Waals surface area contributed by atoms with Gasteiger partial charge in [0.15, 0.2) is 5.16 Å². The largest absolute Gasteiger partial charge is 0.475 e. The molecule has 2 aromatic heterocycles. The van der Waals surface area contributed by atoms with E-state index < -0.39 is 5.97 Å². The molecule has 6 nitrogen and oxygen atoms in total. The molecule has 17 heavy (non-hydrogen) atoms. The van der Waals surface area contributed by atoms with Crippen LogP contribution >= 0.6 is 11.8 Å². The molecular formula is C10H11N3O3S. The minimum atomic E-state index is -1.05. The molecule has 0 aliphatic heterocycles. The number of hydrogen-bond donors (Lipinski definition) is 1. The SMILES string of the molecule is Cc1oc(C(=O)O)cc1CSc1nncn1C.